The first-order chi connectivity index (χ1) is 5.18. The Morgan fingerprint density at radius 2 is 2.00 bits per heavy atom. The van der Waals surface area contributed by atoms with Crippen molar-refractivity contribution in [2.75, 3.05) is 6.61 Å². The van der Waals surface area contributed by atoms with Gasteiger partial charge in [-0.2, -0.15) is 0 Å². The quantitative estimate of drug-likeness (QED) is 0.258. The molecule has 0 heterocycles. The molecule has 0 aromatic carbocycles. The maximum atomic E-state index is 4.63. The summed E-state index contributed by atoms with van der Waals surface area (Å²) >= 11 is 2.22. The van der Waals surface area contributed by atoms with Crippen LogP contribution in [0.5, 0.6) is 0 Å². The van der Waals surface area contributed by atoms with Crippen LogP contribution in [-0.2, 0) is 4.74 Å². The molecular formula is C9H17LiO. The predicted octanol–water partition coefficient (Wildman–Crippen LogP) is 2.71. The van der Waals surface area contributed by atoms with E-state index in [2.05, 4.69) is 49.5 Å². The van der Waals surface area contributed by atoms with E-state index in [1.165, 1.54) is 12.7 Å². The third-order valence-electron chi connectivity index (χ3n) is 1.15. The summed E-state index contributed by atoms with van der Waals surface area (Å²) in [6.07, 6.45) is 4.36. The van der Waals surface area contributed by atoms with Crippen molar-refractivity contribution in [2.24, 2.45) is 0 Å². The Morgan fingerprint density at radius 1 is 1.55 bits per heavy atom. The molecule has 0 fully saturated rings. The predicted molar refractivity (Wildman–Crippen MR) is 51.8 cm³/mol. The summed E-state index contributed by atoms with van der Waals surface area (Å²) in [6, 6.07) is 0. The molecule has 11 heavy (non-hydrogen) atoms. The van der Waals surface area contributed by atoms with Crippen LogP contribution in [0.25, 0.3) is 0 Å². The first-order valence-corrected chi connectivity index (χ1v) is 4.02. The Bertz CT molecular complexity index is 81.6. The molecule has 0 spiro atoms. The van der Waals surface area contributed by atoms with Crippen LogP contribution in [0.4, 0.5) is 0 Å². The van der Waals surface area contributed by atoms with Crippen molar-refractivity contribution in [1.29, 1.82) is 0 Å². The van der Waals surface area contributed by atoms with Gasteiger partial charge >= 0.3 is 42.6 Å². The molecule has 0 saturated heterocycles. The Hall–Kier alpha value is -0.123. The normalized spacial score (nSPS) is 10.5. The van der Waals surface area contributed by atoms with Gasteiger partial charge in [0.15, 0.2) is 0 Å². The van der Waals surface area contributed by atoms with Crippen molar-refractivity contribution in [3.8, 4) is 0 Å². The first kappa shape index (κ1) is 13.5. The molecule has 0 bridgehead atoms. The molecule has 1 nitrogen and oxygen atoms in total. The average molecular weight is 148 g/mol. The van der Waals surface area contributed by atoms with Crippen molar-refractivity contribution in [1.82, 2.24) is 0 Å². The minimum absolute atomic E-state index is 0.559. The molecule has 0 saturated carbocycles. The molecular weight excluding hydrogens is 131 g/mol. The van der Waals surface area contributed by atoms with Crippen molar-refractivity contribution in [2.45, 2.75) is 24.9 Å². The number of rotatable bonds is 4. The van der Waals surface area contributed by atoms with Gasteiger partial charge in [-0.1, -0.05) is 19.2 Å². The van der Waals surface area contributed by atoms with E-state index in [1.54, 1.807) is 6.08 Å². The SMILES string of the molecule is C=CCOC=C.[Li][CH](C)CC. The average Bonchev–Trinajstić information content (AvgIpc) is 2.02. The zero-order chi connectivity index (χ0) is 9.11. The number of hydrogen-bond donors (Lipinski definition) is 0. The zero-order valence-electron chi connectivity index (χ0n) is 7.97. The van der Waals surface area contributed by atoms with E-state index in [9.17, 15) is 0 Å². The van der Waals surface area contributed by atoms with E-state index in [4.69, 9.17) is 0 Å². The third-order valence-corrected chi connectivity index (χ3v) is 1.15. The molecule has 1 atom stereocenters. The summed E-state index contributed by atoms with van der Waals surface area (Å²) in [7, 11) is 0. The summed E-state index contributed by atoms with van der Waals surface area (Å²) in [5, 5.41) is 0. The fraction of sp³-hybridized carbons (Fsp3) is 0.556. The van der Waals surface area contributed by atoms with Gasteiger partial charge in [0.1, 0.15) is 6.61 Å². The molecule has 0 aliphatic heterocycles. The first-order valence-electron chi connectivity index (χ1n) is 4.02. The summed E-state index contributed by atoms with van der Waals surface area (Å²) in [4.78, 5) is 0. The second kappa shape index (κ2) is 12.5. The minimum atomic E-state index is 0.559. The number of hydrogen-bond acceptors (Lipinski definition) is 1. The van der Waals surface area contributed by atoms with E-state index in [0.29, 0.717) is 6.61 Å². The monoisotopic (exact) mass is 148 g/mol. The van der Waals surface area contributed by atoms with Gasteiger partial charge < -0.3 is 4.74 Å². The second-order valence-electron chi connectivity index (χ2n) is 2.59. The molecule has 1 unspecified atom stereocenters. The maximum absolute atomic E-state index is 4.63. The van der Waals surface area contributed by atoms with E-state index in [-0.39, 0.29) is 0 Å². The molecule has 0 aliphatic rings. The van der Waals surface area contributed by atoms with Crippen LogP contribution < -0.4 is 0 Å². The Kier molecular flexibility index (Phi) is 15.4. The Labute approximate surface area is 79.7 Å². The summed E-state index contributed by atoms with van der Waals surface area (Å²) in [6.45, 7) is 11.7. The molecule has 60 valence electrons. The molecule has 0 aliphatic carbocycles. The van der Waals surface area contributed by atoms with Crippen LogP contribution in [0.15, 0.2) is 25.5 Å². The fourth-order valence-corrected chi connectivity index (χ4v) is 0.136. The van der Waals surface area contributed by atoms with Crippen LogP contribution in [0.1, 0.15) is 20.3 Å². The van der Waals surface area contributed by atoms with Gasteiger partial charge in [0, 0.05) is 0 Å². The van der Waals surface area contributed by atoms with Crippen LogP contribution in [0.2, 0.25) is 4.59 Å². The van der Waals surface area contributed by atoms with E-state index in [0.717, 1.165) is 4.59 Å². The topological polar surface area (TPSA) is 9.23 Å². The molecule has 0 aromatic rings. The molecule has 0 aromatic heterocycles. The van der Waals surface area contributed by atoms with Gasteiger partial charge in [0.05, 0.1) is 6.26 Å². The van der Waals surface area contributed by atoms with Crippen molar-refractivity contribution < 1.29 is 4.74 Å². The standard InChI is InChI=1S/C5H8O.C4H9.Li/c1-3-5-6-4-2;1-3-4-2;/h3-4H,1-2,5H2;3H,4H2,1-2H3;. The van der Waals surface area contributed by atoms with Crippen LogP contribution in [0, 0.1) is 0 Å². The van der Waals surface area contributed by atoms with Crippen LogP contribution >= 0.6 is 0 Å². The molecule has 0 rings (SSSR count). The zero-order valence-corrected chi connectivity index (χ0v) is 7.97. The third kappa shape index (κ3) is 25.8. The molecule has 0 radical (unpaired) electrons. The molecule has 0 N–H and O–H groups in total. The summed E-state index contributed by atoms with van der Waals surface area (Å²) in [5.41, 5.74) is 0. The molecule has 2 heteroatoms. The fourth-order valence-electron chi connectivity index (χ4n) is 0.136. The summed E-state index contributed by atoms with van der Waals surface area (Å²) in [5.74, 6) is 0. The van der Waals surface area contributed by atoms with E-state index < -0.39 is 0 Å². The van der Waals surface area contributed by atoms with Gasteiger partial charge in [0.25, 0.3) is 0 Å². The van der Waals surface area contributed by atoms with Gasteiger partial charge in [-0.15, -0.1) is 0 Å². The second-order valence-corrected chi connectivity index (χ2v) is 2.59. The Balaban J connectivity index is 0. The number of ether oxygens (including phenoxy) is 1. The van der Waals surface area contributed by atoms with Gasteiger partial charge in [-0.05, 0) is 0 Å². The summed E-state index contributed by atoms with van der Waals surface area (Å²) < 4.78 is 5.51. The molecule has 0 amide bonds. The van der Waals surface area contributed by atoms with Gasteiger partial charge in [-0.3, -0.25) is 0 Å². The van der Waals surface area contributed by atoms with E-state index >= 15 is 0 Å². The van der Waals surface area contributed by atoms with Crippen molar-refractivity contribution in [3.63, 3.8) is 0 Å². The van der Waals surface area contributed by atoms with E-state index in [1.807, 2.05) is 0 Å². The van der Waals surface area contributed by atoms with Crippen molar-refractivity contribution in [3.05, 3.63) is 25.5 Å². The van der Waals surface area contributed by atoms with Gasteiger partial charge in [-0.25, -0.2) is 0 Å². The van der Waals surface area contributed by atoms with Crippen LogP contribution in [0.3, 0.4) is 0 Å². The van der Waals surface area contributed by atoms with Crippen LogP contribution in [-0.4, -0.2) is 24.3 Å². The van der Waals surface area contributed by atoms with Gasteiger partial charge in [0.2, 0.25) is 0 Å². The Morgan fingerprint density at radius 3 is 2.09 bits per heavy atom. The van der Waals surface area contributed by atoms with Crippen molar-refractivity contribution >= 4 is 17.7 Å².